The Balaban J connectivity index is 0. The fraction of sp³-hybridized carbons (Fsp3) is 1.00. The normalized spacial score (nSPS) is 9.30. The van der Waals surface area contributed by atoms with E-state index in [0.29, 0.717) is 0 Å². The van der Waals surface area contributed by atoms with Crippen LogP contribution in [0.1, 0.15) is 27.7 Å². The minimum absolute atomic E-state index is 0. The molecule has 0 aliphatic rings. The maximum absolute atomic E-state index is 2.39. The van der Waals surface area contributed by atoms with Crippen molar-refractivity contribution in [3.8, 4) is 0 Å². The van der Waals surface area contributed by atoms with Crippen LogP contribution in [0.4, 0.5) is 0 Å². The summed E-state index contributed by atoms with van der Waals surface area (Å²) in [5.74, 6) is 0.986. The summed E-state index contributed by atoms with van der Waals surface area (Å²) in [6.07, 6.45) is 0. The van der Waals surface area contributed by atoms with Crippen molar-refractivity contribution < 1.29 is 16.0 Å². The topological polar surface area (TPSA) is 0 Å². The molecule has 0 aromatic rings. The molecule has 0 aromatic carbocycles. The van der Waals surface area contributed by atoms with Gasteiger partial charge in [-0.05, 0) is 0 Å². The van der Waals surface area contributed by atoms with Gasteiger partial charge in [-0.15, -0.1) is 0 Å². The molecule has 0 saturated heterocycles. The molecule has 0 amide bonds. The second-order valence-corrected chi connectivity index (χ2v) is 18.7. The fourth-order valence-corrected chi connectivity index (χ4v) is 11.6. The predicted molar refractivity (Wildman–Crippen MR) is 51.9 cm³/mol. The number of hydrogen-bond donors (Lipinski definition) is 0. The van der Waals surface area contributed by atoms with Crippen molar-refractivity contribution in [1.82, 2.24) is 0 Å². The van der Waals surface area contributed by atoms with Crippen LogP contribution in [0.25, 0.3) is 0 Å². The molecule has 0 unspecified atom stereocenters. The smallest absolute Gasteiger partial charge is 0.187 e. The Labute approximate surface area is 81.8 Å². The standard InChI is InChI=1S/C4H9.2C2H5.Al.Zn.4H/c1-4(2)3;2*1-2;;;;;;/h4H,1H2,2-3H3;2*1H2,2H3;;;;;;. The second-order valence-electron chi connectivity index (χ2n) is 4.72. The molecule has 0 radical (unpaired) electrons. The minimum Gasteiger partial charge on any atom is 0.187 e. The molecular formula is C8H23AlZn. The van der Waals surface area contributed by atoms with Gasteiger partial charge in [-0.2, -0.15) is 0 Å². The molecule has 2 heteroatoms. The summed E-state index contributed by atoms with van der Waals surface area (Å²) in [5, 5.41) is 4.81. The van der Waals surface area contributed by atoms with Gasteiger partial charge in [-0.25, -0.2) is 0 Å². The van der Waals surface area contributed by atoms with Crippen LogP contribution in [0, 0.1) is 5.92 Å². The Hall–Kier alpha value is 1.16. The molecule has 0 aromatic heterocycles. The van der Waals surface area contributed by atoms with Gasteiger partial charge in [0, 0.05) is 0 Å². The SMILES string of the molecule is C[CH2][ZnH]([CH2]C)[CH2]C(C)C.[AlH3]. The Morgan fingerprint density at radius 3 is 1.60 bits per heavy atom. The second kappa shape index (κ2) is 8.25. The summed E-state index contributed by atoms with van der Waals surface area (Å²) in [6.45, 7) is 9.50. The molecule has 0 fully saturated rings. The summed E-state index contributed by atoms with van der Waals surface area (Å²) in [5.41, 5.74) is 0. The summed E-state index contributed by atoms with van der Waals surface area (Å²) in [4.78, 5) is 0. The van der Waals surface area contributed by atoms with E-state index in [0.717, 1.165) is 5.92 Å². The molecule has 0 nitrogen and oxygen atoms in total. The molecule has 0 spiro atoms. The molecule has 0 aliphatic carbocycles. The Bertz CT molecular complexity index is 60.3. The van der Waals surface area contributed by atoms with Gasteiger partial charge < -0.3 is 0 Å². The first-order valence-electron chi connectivity index (χ1n) is 5.10. The number of hydrogen-bond acceptors (Lipinski definition) is 0. The molecule has 0 N–H and O–H groups in total. The first kappa shape index (κ1) is 13.7. The maximum atomic E-state index is 2.39. The van der Waals surface area contributed by atoms with E-state index in [1.165, 1.54) is 0 Å². The summed E-state index contributed by atoms with van der Waals surface area (Å²) < 4.78 is 0. The third kappa shape index (κ3) is 7.27. The van der Waals surface area contributed by atoms with Crippen molar-refractivity contribution in [2.75, 3.05) is 0 Å². The van der Waals surface area contributed by atoms with Gasteiger partial charge in [-0.3, -0.25) is 0 Å². The van der Waals surface area contributed by atoms with Gasteiger partial charge in [0.2, 0.25) is 0 Å². The molecule has 10 heavy (non-hydrogen) atoms. The van der Waals surface area contributed by atoms with Crippen LogP contribution in [0.2, 0.25) is 15.0 Å². The average molecular weight is 212 g/mol. The largest absolute Gasteiger partial charge is 0.187 e. The minimum atomic E-state index is -1.05. The van der Waals surface area contributed by atoms with Crippen molar-refractivity contribution in [2.45, 2.75) is 42.7 Å². The van der Waals surface area contributed by atoms with Gasteiger partial charge in [0.05, 0.1) is 0 Å². The van der Waals surface area contributed by atoms with E-state index in [-0.39, 0.29) is 17.4 Å². The van der Waals surface area contributed by atoms with Gasteiger partial charge in [0.25, 0.3) is 0 Å². The Kier molecular flexibility index (Phi) is 11.3. The van der Waals surface area contributed by atoms with Crippen LogP contribution in [-0.2, 0) is 16.0 Å². The quantitative estimate of drug-likeness (QED) is 0.625. The molecule has 0 saturated carbocycles. The molecule has 0 heterocycles. The first-order chi connectivity index (χ1) is 4.20. The summed E-state index contributed by atoms with van der Waals surface area (Å²) >= 11 is -1.05. The van der Waals surface area contributed by atoms with Crippen LogP contribution in [0.15, 0.2) is 0 Å². The predicted octanol–water partition coefficient (Wildman–Crippen LogP) is 2.10. The van der Waals surface area contributed by atoms with Crippen molar-refractivity contribution in [2.24, 2.45) is 5.92 Å². The first-order valence-corrected chi connectivity index (χ1v) is 14.0. The number of rotatable bonds is 4. The van der Waals surface area contributed by atoms with E-state index >= 15 is 0 Å². The molecule has 0 atom stereocenters. The van der Waals surface area contributed by atoms with Crippen molar-refractivity contribution in [3.63, 3.8) is 0 Å². The van der Waals surface area contributed by atoms with Crippen LogP contribution >= 0.6 is 0 Å². The third-order valence-corrected chi connectivity index (χ3v) is 17.6. The van der Waals surface area contributed by atoms with Crippen LogP contribution < -0.4 is 0 Å². The molecule has 60 valence electrons. The average Bonchev–Trinajstić information content (AvgIpc) is 1.82. The van der Waals surface area contributed by atoms with Crippen LogP contribution in [0.3, 0.4) is 0 Å². The molecule has 0 bridgehead atoms. The van der Waals surface area contributed by atoms with E-state index in [2.05, 4.69) is 27.7 Å². The van der Waals surface area contributed by atoms with E-state index in [9.17, 15) is 0 Å². The van der Waals surface area contributed by atoms with E-state index < -0.39 is 16.0 Å². The van der Waals surface area contributed by atoms with Gasteiger partial charge >= 0.3 is 64.6 Å². The zero-order chi connectivity index (χ0) is 7.28. The van der Waals surface area contributed by atoms with Gasteiger partial charge in [0.1, 0.15) is 0 Å². The molecular weight excluding hydrogens is 188 g/mol. The van der Waals surface area contributed by atoms with Crippen molar-refractivity contribution >= 4 is 17.4 Å². The van der Waals surface area contributed by atoms with E-state index in [1.807, 2.05) is 0 Å². The Morgan fingerprint density at radius 2 is 1.50 bits per heavy atom. The summed E-state index contributed by atoms with van der Waals surface area (Å²) in [6, 6.07) is 0. The monoisotopic (exact) mass is 210 g/mol. The van der Waals surface area contributed by atoms with E-state index in [4.69, 9.17) is 0 Å². The summed E-state index contributed by atoms with van der Waals surface area (Å²) in [7, 11) is 0. The maximum Gasteiger partial charge on any atom is 0.187 e. The molecule has 0 rings (SSSR count). The van der Waals surface area contributed by atoms with Gasteiger partial charge in [-0.1, -0.05) is 0 Å². The van der Waals surface area contributed by atoms with Gasteiger partial charge in [0.15, 0.2) is 17.4 Å². The zero-order valence-corrected chi connectivity index (χ0v) is 11.9. The third-order valence-electron chi connectivity index (χ3n) is 3.39. The van der Waals surface area contributed by atoms with Crippen LogP contribution in [-0.4, -0.2) is 17.4 Å². The molecule has 0 aliphatic heterocycles. The zero-order valence-electron chi connectivity index (χ0n) is 7.70. The van der Waals surface area contributed by atoms with Crippen molar-refractivity contribution in [3.05, 3.63) is 0 Å². The van der Waals surface area contributed by atoms with Crippen molar-refractivity contribution in [1.29, 1.82) is 0 Å². The Morgan fingerprint density at radius 1 is 1.10 bits per heavy atom. The van der Waals surface area contributed by atoms with E-state index in [1.54, 1.807) is 15.0 Å². The fourth-order valence-electron chi connectivity index (χ4n) is 2.23. The van der Waals surface area contributed by atoms with Crippen LogP contribution in [0.5, 0.6) is 0 Å².